The number of halogens is 1. The van der Waals surface area contributed by atoms with Crippen LogP contribution in [0.2, 0.25) is 5.02 Å². The number of nitrogens with one attached hydrogen (secondary N) is 2. The molecule has 2 N–H and O–H groups in total. The third-order valence-electron chi connectivity index (χ3n) is 6.17. The fourth-order valence-corrected chi connectivity index (χ4v) is 5.05. The van der Waals surface area contributed by atoms with E-state index in [1.165, 1.54) is 12.8 Å². The van der Waals surface area contributed by atoms with Crippen molar-refractivity contribution in [1.29, 1.82) is 0 Å². The maximum Gasteiger partial charge on any atom is 0.242 e. The lowest BCUT2D eigenvalue weighted by Crippen LogP contribution is -2.48. The molecule has 1 aliphatic carbocycles. The average molecular weight is 440 g/mol. The molecule has 1 saturated heterocycles. The molecule has 0 radical (unpaired) electrons. The van der Waals surface area contributed by atoms with E-state index in [0.717, 1.165) is 35.9 Å². The van der Waals surface area contributed by atoms with E-state index in [1.54, 1.807) is 12.4 Å². The largest absolute Gasteiger partial charge is 0.486 e. The monoisotopic (exact) mass is 439 g/mol. The lowest BCUT2D eigenvalue weighted by atomic mass is 9.92. The van der Waals surface area contributed by atoms with Gasteiger partial charge in [0.25, 0.3) is 0 Å². The molecule has 9 heteroatoms. The zero-order chi connectivity index (χ0) is 21.4. The highest BCUT2D eigenvalue weighted by atomic mass is 35.5. The maximum absolute atomic E-state index is 6.10. The molecule has 162 valence electrons. The first kappa shape index (κ1) is 20.1. The number of piperidine rings is 1. The summed E-state index contributed by atoms with van der Waals surface area (Å²) in [6, 6.07) is 8.09. The lowest BCUT2D eigenvalue weighted by molar-refractivity contribution is 0.296. The Kier molecular flexibility index (Phi) is 5.40. The number of rotatable bonds is 6. The molecule has 0 amide bonds. The summed E-state index contributed by atoms with van der Waals surface area (Å²) in [6.45, 7) is 6.28. The van der Waals surface area contributed by atoms with E-state index in [2.05, 4.69) is 41.4 Å². The number of anilines is 2. The summed E-state index contributed by atoms with van der Waals surface area (Å²) in [5.74, 6) is 4.15. The third kappa shape index (κ3) is 4.44. The molecule has 2 fully saturated rings. The summed E-state index contributed by atoms with van der Waals surface area (Å²) >= 11 is 6.10. The summed E-state index contributed by atoms with van der Waals surface area (Å²) in [5, 5.41) is 11.6. The molecule has 0 unspecified atom stereocenters. The second-order valence-corrected chi connectivity index (χ2v) is 8.99. The summed E-state index contributed by atoms with van der Waals surface area (Å²) < 4.78 is 5.82. The van der Waals surface area contributed by atoms with E-state index in [1.807, 2.05) is 26.0 Å². The van der Waals surface area contributed by atoms with Crippen LogP contribution in [-0.4, -0.2) is 44.3 Å². The summed E-state index contributed by atoms with van der Waals surface area (Å²) in [6.07, 6.45) is 4.06. The number of nitrogens with zero attached hydrogens (tertiary/aromatic N) is 5. The second kappa shape index (κ2) is 8.34. The number of ether oxygens (including phenoxy) is 1. The van der Waals surface area contributed by atoms with Gasteiger partial charge in [-0.2, -0.15) is 4.98 Å². The molecule has 5 rings (SSSR count). The van der Waals surface area contributed by atoms with Gasteiger partial charge in [0.05, 0.1) is 0 Å². The van der Waals surface area contributed by atoms with E-state index in [-0.39, 0.29) is 0 Å². The molecule has 1 aliphatic heterocycles. The molecule has 1 saturated carbocycles. The van der Waals surface area contributed by atoms with Gasteiger partial charge in [0, 0.05) is 35.9 Å². The number of aromatic nitrogens is 5. The van der Waals surface area contributed by atoms with Gasteiger partial charge in [0.2, 0.25) is 5.95 Å². The lowest BCUT2D eigenvalue weighted by Gasteiger charge is -2.38. The van der Waals surface area contributed by atoms with E-state index in [0.29, 0.717) is 41.3 Å². The van der Waals surface area contributed by atoms with Crippen LogP contribution in [0.5, 0.6) is 5.75 Å². The Morgan fingerprint density at radius 3 is 2.68 bits per heavy atom. The number of aromatic amines is 1. The van der Waals surface area contributed by atoms with Crippen LogP contribution in [-0.2, 0) is 6.61 Å². The molecule has 1 aromatic carbocycles. The van der Waals surface area contributed by atoms with E-state index >= 15 is 0 Å². The first-order chi connectivity index (χ1) is 15.0. The predicted octanol–water partition coefficient (Wildman–Crippen LogP) is 3.77. The molecule has 31 heavy (non-hydrogen) atoms. The van der Waals surface area contributed by atoms with Crippen LogP contribution in [0.1, 0.15) is 29.9 Å². The van der Waals surface area contributed by atoms with Crippen molar-refractivity contribution < 1.29 is 4.74 Å². The highest BCUT2D eigenvalue weighted by molar-refractivity contribution is 6.30. The van der Waals surface area contributed by atoms with Gasteiger partial charge in [0.15, 0.2) is 5.82 Å². The number of hydrogen-bond donors (Lipinski definition) is 2. The van der Waals surface area contributed by atoms with Gasteiger partial charge in [-0.3, -0.25) is 5.10 Å². The van der Waals surface area contributed by atoms with E-state index in [4.69, 9.17) is 16.3 Å². The van der Waals surface area contributed by atoms with Crippen molar-refractivity contribution >= 4 is 23.4 Å². The Morgan fingerprint density at radius 1 is 1.13 bits per heavy atom. The zero-order valence-corrected chi connectivity index (χ0v) is 18.4. The maximum atomic E-state index is 6.10. The molecule has 3 heterocycles. The SMILES string of the molecule is Cc1cc(Cl)cc(OCc2nc(N[C@@H]3[C@@H]4CC[C@H]3CN(c3cc(C)ncn3)C4)n[nH]2)c1. The standard InChI is InChI=1S/C22H26ClN7O/c1-13-5-17(23)8-18(6-13)31-11-19-26-22(29-28-19)27-21-15-3-4-16(21)10-30(9-15)20-7-14(2)24-12-25-20/h5-8,12,15-16,21H,3-4,9-11H2,1-2H3,(H2,26,27,28,29)/t15-,16+,21-. The van der Waals surface area contributed by atoms with Crippen LogP contribution in [0.3, 0.4) is 0 Å². The second-order valence-electron chi connectivity index (χ2n) is 8.55. The Hall–Kier alpha value is -2.87. The molecule has 8 nitrogen and oxygen atoms in total. The average Bonchev–Trinajstić information content (AvgIpc) is 3.26. The van der Waals surface area contributed by atoms with Crippen molar-refractivity contribution in [2.45, 2.75) is 39.3 Å². The van der Waals surface area contributed by atoms with E-state index in [9.17, 15) is 0 Å². The number of hydrogen-bond acceptors (Lipinski definition) is 7. The molecule has 0 spiro atoms. The Balaban J connectivity index is 1.20. The fraction of sp³-hybridized carbons (Fsp3) is 0.455. The van der Waals surface area contributed by atoms with Crippen molar-refractivity contribution in [2.24, 2.45) is 11.8 Å². The van der Waals surface area contributed by atoms with Crippen LogP contribution in [0.15, 0.2) is 30.6 Å². The molecule has 2 bridgehead atoms. The normalized spacial score (nSPS) is 22.5. The van der Waals surface area contributed by atoms with Crippen LogP contribution in [0, 0.1) is 25.7 Å². The first-order valence-corrected chi connectivity index (χ1v) is 11.0. The van der Waals surface area contributed by atoms with Crippen LogP contribution in [0.25, 0.3) is 0 Å². The topological polar surface area (TPSA) is 91.8 Å². The molecule has 2 aromatic heterocycles. The van der Waals surface area contributed by atoms with Crippen LogP contribution >= 0.6 is 11.6 Å². The minimum absolute atomic E-state index is 0.312. The summed E-state index contributed by atoms with van der Waals surface area (Å²) in [5.41, 5.74) is 2.06. The molecular formula is C22H26ClN7O. The Labute approximate surface area is 186 Å². The van der Waals surface area contributed by atoms with Crippen molar-refractivity contribution in [3.63, 3.8) is 0 Å². The Bertz CT molecular complexity index is 1040. The van der Waals surface area contributed by atoms with Crippen molar-refractivity contribution in [3.8, 4) is 5.75 Å². The summed E-state index contributed by atoms with van der Waals surface area (Å²) in [4.78, 5) is 15.7. The van der Waals surface area contributed by atoms with Gasteiger partial charge < -0.3 is 15.0 Å². The van der Waals surface area contributed by atoms with Crippen molar-refractivity contribution in [1.82, 2.24) is 25.1 Å². The van der Waals surface area contributed by atoms with Gasteiger partial charge in [-0.05, 0) is 62.3 Å². The van der Waals surface area contributed by atoms with Gasteiger partial charge in [-0.15, -0.1) is 5.10 Å². The number of fused-ring (bicyclic) bond motifs is 2. The number of aryl methyl sites for hydroxylation is 2. The van der Waals surface area contributed by atoms with Crippen LogP contribution < -0.4 is 15.0 Å². The van der Waals surface area contributed by atoms with Gasteiger partial charge >= 0.3 is 0 Å². The van der Waals surface area contributed by atoms with E-state index < -0.39 is 0 Å². The fourth-order valence-electron chi connectivity index (χ4n) is 4.77. The highest BCUT2D eigenvalue weighted by Gasteiger charge is 2.42. The van der Waals surface area contributed by atoms with Crippen LogP contribution in [0.4, 0.5) is 11.8 Å². The summed E-state index contributed by atoms with van der Waals surface area (Å²) in [7, 11) is 0. The third-order valence-corrected chi connectivity index (χ3v) is 6.38. The predicted molar refractivity (Wildman–Crippen MR) is 120 cm³/mol. The quantitative estimate of drug-likeness (QED) is 0.603. The smallest absolute Gasteiger partial charge is 0.242 e. The molecular weight excluding hydrogens is 414 g/mol. The molecule has 3 atom stereocenters. The molecule has 2 aliphatic rings. The van der Waals surface area contributed by atoms with Gasteiger partial charge in [-0.1, -0.05) is 11.6 Å². The number of benzene rings is 1. The van der Waals surface area contributed by atoms with Gasteiger partial charge in [-0.25, -0.2) is 9.97 Å². The zero-order valence-electron chi connectivity index (χ0n) is 17.7. The first-order valence-electron chi connectivity index (χ1n) is 10.6. The Morgan fingerprint density at radius 2 is 1.94 bits per heavy atom. The number of H-pyrrole nitrogens is 1. The minimum atomic E-state index is 0.312. The molecule has 3 aromatic rings. The highest BCUT2D eigenvalue weighted by Crippen LogP contribution is 2.39. The van der Waals surface area contributed by atoms with Crippen molar-refractivity contribution in [3.05, 3.63) is 52.7 Å². The van der Waals surface area contributed by atoms with Crippen molar-refractivity contribution in [2.75, 3.05) is 23.3 Å². The van der Waals surface area contributed by atoms with Gasteiger partial charge in [0.1, 0.15) is 24.5 Å². The minimum Gasteiger partial charge on any atom is -0.486 e.